The Balaban J connectivity index is 3.96. The molecule has 0 saturated heterocycles. The van der Waals surface area contributed by atoms with Crippen molar-refractivity contribution in [3.8, 4) is 0 Å². The van der Waals surface area contributed by atoms with E-state index in [-0.39, 0.29) is 38.6 Å². The molecule has 0 amide bonds. The van der Waals surface area contributed by atoms with Crippen LogP contribution in [0.4, 0.5) is 0 Å². The highest BCUT2D eigenvalue weighted by Crippen LogP contribution is 2.43. The Morgan fingerprint density at radius 3 is 0.951 bits per heavy atom. The topological polar surface area (TPSA) is 134 Å². The van der Waals surface area contributed by atoms with Crippen molar-refractivity contribution in [1.29, 1.82) is 0 Å². The molecule has 10 heteroatoms. The van der Waals surface area contributed by atoms with Crippen LogP contribution in [0, 0.1) is 0 Å². The third kappa shape index (κ3) is 65.2. The van der Waals surface area contributed by atoms with Gasteiger partial charge in [0.1, 0.15) is 6.61 Å². The number of unbranched alkanes of at least 4 members (excludes halogenated alkanes) is 25. The third-order valence-electron chi connectivity index (χ3n) is 13.5. The fraction of sp³-hybridized carbons (Fsp3) is 0.662. The van der Waals surface area contributed by atoms with Crippen LogP contribution in [0.1, 0.15) is 271 Å². The second-order valence-corrected chi connectivity index (χ2v) is 22.7. The van der Waals surface area contributed by atoms with Gasteiger partial charge in [0.2, 0.25) is 0 Å². The van der Waals surface area contributed by atoms with Crippen LogP contribution >= 0.6 is 7.82 Å². The summed E-state index contributed by atoms with van der Waals surface area (Å²) in [7, 11) is -4.40. The van der Waals surface area contributed by atoms with Crippen molar-refractivity contribution in [2.75, 3.05) is 26.4 Å². The molecule has 0 fully saturated rings. The van der Waals surface area contributed by atoms with E-state index in [9.17, 15) is 19.0 Å². The molecule has 81 heavy (non-hydrogen) atoms. The third-order valence-corrected chi connectivity index (χ3v) is 14.5. The van der Waals surface area contributed by atoms with Crippen molar-refractivity contribution in [3.05, 3.63) is 134 Å². The summed E-state index contributed by atoms with van der Waals surface area (Å²) >= 11 is 0. The number of carbonyl (C=O) groups is 2. The number of hydrogen-bond acceptors (Lipinski definition) is 8. The fourth-order valence-corrected chi connectivity index (χ4v) is 9.55. The monoisotopic (exact) mass is 1150 g/mol. The average molecular weight is 1150 g/mol. The van der Waals surface area contributed by atoms with Gasteiger partial charge >= 0.3 is 19.8 Å². The lowest BCUT2D eigenvalue weighted by Gasteiger charge is -2.19. The summed E-state index contributed by atoms with van der Waals surface area (Å²) in [6.07, 6.45) is 92.3. The van der Waals surface area contributed by atoms with E-state index in [2.05, 4.69) is 148 Å². The van der Waals surface area contributed by atoms with Gasteiger partial charge in [0.25, 0.3) is 0 Å². The smallest absolute Gasteiger partial charge is 0.462 e. The highest BCUT2D eigenvalue weighted by Gasteiger charge is 2.26. The molecule has 0 bridgehead atoms. The molecule has 0 spiro atoms. The zero-order valence-corrected chi connectivity index (χ0v) is 52.6. The Morgan fingerprint density at radius 2 is 0.642 bits per heavy atom. The summed E-state index contributed by atoms with van der Waals surface area (Å²) in [4.78, 5) is 35.3. The number of phosphoric ester groups is 1. The van der Waals surface area contributed by atoms with Crippen LogP contribution < -0.4 is 5.73 Å². The number of nitrogens with two attached hydrogens (primary N) is 1. The molecule has 3 N–H and O–H groups in total. The van der Waals surface area contributed by atoms with Gasteiger partial charge in [-0.1, -0.05) is 282 Å². The Hall–Kier alpha value is -3.85. The molecule has 0 rings (SSSR count). The minimum Gasteiger partial charge on any atom is -0.462 e. The van der Waals surface area contributed by atoms with Gasteiger partial charge in [-0.2, -0.15) is 0 Å². The maximum Gasteiger partial charge on any atom is 0.472 e. The number of ether oxygens (including phenoxy) is 2. The van der Waals surface area contributed by atoms with Gasteiger partial charge in [-0.15, -0.1) is 0 Å². The fourth-order valence-electron chi connectivity index (χ4n) is 8.79. The van der Waals surface area contributed by atoms with Crippen LogP contribution in [0.3, 0.4) is 0 Å². The standard InChI is InChI=1S/C71H120NO8P/c1-3-5-7-9-11-13-15-17-19-21-23-25-27-29-31-33-34-36-38-40-42-44-46-48-50-52-54-56-58-60-62-64-71(74)80-69(68-79-81(75,76)78-66-65-72)67-77-70(73)63-61-59-57-55-53-51-49-47-45-43-41-39-37-35-32-30-28-26-24-22-20-18-16-14-12-10-8-6-4-2/h5-8,11-14,17-20,23-26,29,31,34,36,40,42,69H,3-4,9-10,15-16,21-22,27-28,30,32-33,35,37-39,41,43-68,72H2,1-2H3,(H,75,76)/b7-5-,8-6-,13-11-,14-12-,19-17-,20-18-,25-23-,26-24-,31-29-,36-34-,42-40-. The zero-order valence-electron chi connectivity index (χ0n) is 51.7. The van der Waals surface area contributed by atoms with Crippen molar-refractivity contribution in [3.63, 3.8) is 0 Å². The molecule has 0 aliphatic carbocycles. The second kappa shape index (κ2) is 65.3. The van der Waals surface area contributed by atoms with E-state index in [4.69, 9.17) is 24.3 Å². The van der Waals surface area contributed by atoms with Gasteiger partial charge < -0.3 is 20.1 Å². The summed E-state index contributed by atoms with van der Waals surface area (Å²) < 4.78 is 33.1. The molecule has 0 saturated carbocycles. The van der Waals surface area contributed by atoms with Crippen molar-refractivity contribution in [1.82, 2.24) is 0 Å². The summed E-state index contributed by atoms with van der Waals surface area (Å²) in [5, 5.41) is 0. The molecule has 2 atom stereocenters. The Kier molecular flexibility index (Phi) is 62.2. The predicted molar refractivity (Wildman–Crippen MR) is 348 cm³/mol. The van der Waals surface area contributed by atoms with Crippen molar-refractivity contribution in [2.45, 2.75) is 277 Å². The minimum absolute atomic E-state index is 0.0468. The lowest BCUT2D eigenvalue weighted by atomic mass is 10.0. The first-order valence-corrected chi connectivity index (χ1v) is 34.2. The molecule has 462 valence electrons. The molecule has 0 aliphatic rings. The van der Waals surface area contributed by atoms with Crippen LogP contribution in [0.15, 0.2) is 134 Å². The van der Waals surface area contributed by atoms with E-state index in [1.54, 1.807) is 0 Å². The van der Waals surface area contributed by atoms with Crippen molar-refractivity contribution in [2.24, 2.45) is 5.73 Å². The summed E-state index contributed by atoms with van der Waals surface area (Å²) in [6.45, 7) is 3.52. The first-order chi connectivity index (χ1) is 39.8. The highest BCUT2D eigenvalue weighted by molar-refractivity contribution is 7.47. The van der Waals surface area contributed by atoms with Crippen molar-refractivity contribution < 1.29 is 37.6 Å². The SMILES string of the molecule is CC/C=C\C/C=C\C/C=C\C/C=C\C/C=C\C/C=C\C/C=C\CCCCCCCCCCCC(=O)OC(COC(=O)CCCCCCCCCCCCCCCCCC/C=C\C/C=C\C/C=C\C/C=C\CC)COP(=O)(O)OCCN. The first kappa shape index (κ1) is 77.2. The summed E-state index contributed by atoms with van der Waals surface area (Å²) in [6, 6.07) is 0. The van der Waals surface area contributed by atoms with E-state index < -0.39 is 26.5 Å². The largest absolute Gasteiger partial charge is 0.472 e. The molecule has 9 nitrogen and oxygen atoms in total. The van der Waals surface area contributed by atoms with E-state index in [1.165, 1.54) is 122 Å². The molecule has 0 aliphatic heterocycles. The average Bonchev–Trinajstić information content (AvgIpc) is 3.46. The number of allylic oxidation sites excluding steroid dienone is 22. The normalized spacial score (nSPS) is 13.9. The minimum atomic E-state index is -4.40. The van der Waals surface area contributed by atoms with Crippen LogP contribution in [0.25, 0.3) is 0 Å². The summed E-state index contributed by atoms with van der Waals surface area (Å²) in [5.41, 5.74) is 5.40. The summed E-state index contributed by atoms with van der Waals surface area (Å²) in [5.74, 6) is -0.836. The predicted octanol–water partition coefficient (Wildman–Crippen LogP) is 21.3. The maximum absolute atomic E-state index is 12.7. The molecule has 0 heterocycles. The molecule has 2 unspecified atom stereocenters. The quantitative estimate of drug-likeness (QED) is 0.0264. The number of hydrogen-bond donors (Lipinski definition) is 2. The number of carbonyl (C=O) groups excluding carboxylic acids is 2. The van der Waals surface area contributed by atoms with Crippen LogP contribution in [0.2, 0.25) is 0 Å². The van der Waals surface area contributed by atoms with Gasteiger partial charge in [0.05, 0.1) is 13.2 Å². The van der Waals surface area contributed by atoms with E-state index in [0.717, 1.165) is 116 Å². The highest BCUT2D eigenvalue weighted by atomic mass is 31.2. The van der Waals surface area contributed by atoms with Crippen LogP contribution in [-0.2, 0) is 32.7 Å². The second-order valence-electron chi connectivity index (χ2n) is 21.2. The van der Waals surface area contributed by atoms with E-state index >= 15 is 0 Å². The van der Waals surface area contributed by atoms with E-state index in [1.807, 2.05) is 0 Å². The Bertz CT molecular complexity index is 1790. The number of esters is 2. The number of phosphoric acid groups is 1. The molecule has 0 aromatic carbocycles. The lowest BCUT2D eigenvalue weighted by Crippen LogP contribution is -2.29. The van der Waals surface area contributed by atoms with Gasteiger partial charge in [-0.05, 0) is 109 Å². The molecular formula is C71H120NO8P. The van der Waals surface area contributed by atoms with Crippen LogP contribution in [-0.4, -0.2) is 49.3 Å². The lowest BCUT2D eigenvalue weighted by molar-refractivity contribution is -0.161. The van der Waals surface area contributed by atoms with Gasteiger partial charge in [0.15, 0.2) is 6.10 Å². The molecule has 0 radical (unpaired) electrons. The van der Waals surface area contributed by atoms with Gasteiger partial charge in [-0.3, -0.25) is 18.6 Å². The van der Waals surface area contributed by atoms with E-state index in [0.29, 0.717) is 6.42 Å². The van der Waals surface area contributed by atoms with Gasteiger partial charge in [0, 0.05) is 19.4 Å². The Labute approximate surface area is 497 Å². The maximum atomic E-state index is 12.7. The number of rotatable bonds is 60. The van der Waals surface area contributed by atoms with Crippen LogP contribution in [0.5, 0.6) is 0 Å². The van der Waals surface area contributed by atoms with Gasteiger partial charge in [-0.25, -0.2) is 4.57 Å². The zero-order chi connectivity index (χ0) is 58.7. The first-order valence-electron chi connectivity index (χ1n) is 32.7. The Morgan fingerprint density at radius 1 is 0.370 bits per heavy atom. The van der Waals surface area contributed by atoms with Crippen molar-refractivity contribution >= 4 is 19.8 Å². The molecular weight excluding hydrogens is 1030 g/mol. The molecule has 0 aromatic rings. The molecule has 0 aromatic heterocycles.